The van der Waals surface area contributed by atoms with Crippen molar-refractivity contribution >= 4 is 17.1 Å². The average molecular weight is 415 g/mol. The molecular formula is C25H26N4O2. The lowest BCUT2D eigenvalue weighted by atomic mass is 9.82. The van der Waals surface area contributed by atoms with Crippen LogP contribution in [-0.4, -0.2) is 28.8 Å². The average Bonchev–Trinajstić information content (AvgIpc) is 2.82. The van der Waals surface area contributed by atoms with Gasteiger partial charge >= 0.3 is 0 Å². The first-order chi connectivity index (χ1) is 15.1. The highest BCUT2D eigenvalue weighted by atomic mass is 16.5. The Labute approximate surface area is 182 Å². The second-order valence-corrected chi connectivity index (χ2v) is 7.91. The standard InChI is InChI=1S/C25H26N4O2/c1-29(20-7-2-4-17(12-20)14-26)21-8-9-22-18(13-21)5-3-6-19(22)15-28-24-16-27-11-10-23(24)25(30)31/h2,4,7-13,16,19,25,28,30-31H,3,5-6,15H2,1H3/t19-/m0/s1. The molecule has 0 radical (unpaired) electrons. The van der Waals surface area contributed by atoms with Crippen molar-refractivity contribution in [1.82, 2.24) is 4.98 Å². The molecule has 1 aromatic heterocycles. The van der Waals surface area contributed by atoms with E-state index < -0.39 is 6.29 Å². The number of aryl methyl sites for hydroxylation is 1. The molecule has 2 aromatic carbocycles. The summed E-state index contributed by atoms with van der Waals surface area (Å²) in [5.41, 5.74) is 6.49. The molecule has 1 aliphatic carbocycles. The third-order valence-electron chi connectivity index (χ3n) is 5.99. The Balaban J connectivity index is 1.53. The minimum atomic E-state index is -1.53. The topological polar surface area (TPSA) is 92.4 Å². The number of aliphatic hydroxyl groups is 2. The number of nitriles is 1. The molecule has 31 heavy (non-hydrogen) atoms. The van der Waals surface area contributed by atoms with Gasteiger partial charge in [0.1, 0.15) is 0 Å². The Morgan fingerprint density at radius 2 is 2.03 bits per heavy atom. The second kappa shape index (κ2) is 9.17. The molecule has 0 saturated heterocycles. The zero-order valence-corrected chi connectivity index (χ0v) is 17.5. The van der Waals surface area contributed by atoms with Gasteiger partial charge in [-0.1, -0.05) is 12.1 Å². The number of rotatable bonds is 6. The van der Waals surface area contributed by atoms with Crippen molar-refractivity contribution in [2.75, 3.05) is 23.8 Å². The maximum absolute atomic E-state index is 9.57. The first-order valence-electron chi connectivity index (χ1n) is 10.5. The van der Waals surface area contributed by atoms with Gasteiger partial charge in [0.05, 0.1) is 23.5 Å². The zero-order chi connectivity index (χ0) is 21.8. The molecular weight excluding hydrogens is 388 g/mol. The zero-order valence-electron chi connectivity index (χ0n) is 17.5. The second-order valence-electron chi connectivity index (χ2n) is 7.91. The van der Waals surface area contributed by atoms with Crippen molar-refractivity contribution in [2.45, 2.75) is 31.5 Å². The van der Waals surface area contributed by atoms with Crippen LogP contribution in [-0.2, 0) is 6.42 Å². The molecule has 3 N–H and O–H groups in total. The van der Waals surface area contributed by atoms with Crippen LogP contribution in [0.25, 0.3) is 0 Å². The lowest BCUT2D eigenvalue weighted by molar-refractivity contribution is -0.0419. The van der Waals surface area contributed by atoms with Crippen LogP contribution in [0.3, 0.4) is 0 Å². The molecule has 0 unspecified atom stereocenters. The molecule has 3 aromatic rings. The van der Waals surface area contributed by atoms with E-state index in [9.17, 15) is 15.5 Å². The first kappa shape index (κ1) is 20.9. The molecule has 0 spiro atoms. The van der Waals surface area contributed by atoms with Crippen LogP contribution in [0.1, 0.15) is 47.3 Å². The molecule has 1 aliphatic rings. The van der Waals surface area contributed by atoms with Gasteiger partial charge in [0.2, 0.25) is 0 Å². The Kier molecular flexibility index (Phi) is 6.17. The minimum Gasteiger partial charge on any atom is -0.383 e. The van der Waals surface area contributed by atoms with Crippen LogP contribution < -0.4 is 10.2 Å². The van der Waals surface area contributed by atoms with E-state index in [1.165, 1.54) is 11.1 Å². The van der Waals surface area contributed by atoms with Gasteiger partial charge in [-0.25, -0.2) is 0 Å². The van der Waals surface area contributed by atoms with Crippen LogP contribution in [0.4, 0.5) is 17.1 Å². The fourth-order valence-electron chi connectivity index (χ4n) is 4.27. The summed E-state index contributed by atoms with van der Waals surface area (Å²) in [6, 6.07) is 18.0. The molecule has 6 heteroatoms. The number of nitrogens with one attached hydrogen (secondary N) is 1. The molecule has 0 amide bonds. The highest BCUT2D eigenvalue weighted by molar-refractivity contribution is 5.65. The first-order valence-corrected chi connectivity index (χ1v) is 10.5. The normalized spacial score (nSPS) is 15.3. The molecule has 6 nitrogen and oxygen atoms in total. The number of aliphatic hydroxyl groups excluding tert-OH is 1. The van der Waals surface area contributed by atoms with Gasteiger partial charge in [-0.15, -0.1) is 0 Å². The number of hydrogen-bond donors (Lipinski definition) is 3. The van der Waals surface area contributed by atoms with Crippen LogP contribution >= 0.6 is 0 Å². The molecule has 158 valence electrons. The Morgan fingerprint density at radius 3 is 2.84 bits per heavy atom. The SMILES string of the molecule is CN(c1cccc(C#N)c1)c1ccc2c(c1)CCC[C@H]2CNc1cnccc1C(O)O. The number of pyridine rings is 1. The summed E-state index contributed by atoms with van der Waals surface area (Å²) >= 11 is 0. The van der Waals surface area contributed by atoms with Crippen molar-refractivity contribution in [3.05, 3.63) is 83.2 Å². The molecule has 0 fully saturated rings. The van der Waals surface area contributed by atoms with Crippen molar-refractivity contribution in [2.24, 2.45) is 0 Å². The van der Waals surface area contributed by atoms with Gasteiger partial charge in [0, 0.05) is 42.6 Å². The molecule has 1 heterocycles. The summed E-state index contributed by atoms with van der Waals surface area (Å²) in [6.45, 7) is 0.706. The Bertz CT molecular complexity index is 1110. The predicted octanol–water partition coefficient (Wildman–Crippen LogP) is 4.24. The third kappa shape index (κ3) is 4.53. The van der Waals surface area contributed by atoms with Gasteiger partial charge in [-0.3, -0.25) is 4.98 Å². The quantitative estimate of drug-likeness (QED) is 0.523. The predicted molar refractivity (Wildman–Crippen MR) is 121 cm³/mol. The van der Waals surface area contributed by atoms with E-state index in [2.05, 4.69) is 39.5 Å². The van der Waals surface area contributed by atoms with Crippen LogP contribution in [0.5, 0.6) is 0 Å². The summed E-state index contributed by atoms with van der Waals surface area (Å²) in [6.07, 6.45) is 4.89. The smallest absolute Gasteiger partial charge is 0.180 e. The van der Waals surface area contributed by atoms with Crippen molar-refractivity contribution in [3.63, 3.8) is 0 Å². The van der Waals surface area contributed by atoms with Gasteiger partial charge in [-0.2, -0.15) is 5.26 Å². The summed E-state index contributed by atoms with van der Waals surface area (Å²) in [4.78, 5) is 6.20. The Morgan fingerprint density at radius 1 is 1.19 bits per heavy atom. The van der Waals surface area contributed by atoms with Gasteiger partial charge in [0.15, 0.2) is 6.29 Å². The summed E-state index contributed by atoms with van der Waals surface area (Å²) in [5.74, 6) is 0.342. The number of aromatic nitrogens is 1. The van der Waals surface area contributed by atoms with E-state index in [1.807, 2.05) is 31.3 Å². The summed E-state index contributed by atoms with van der Waals surface area (Å²) in [7, 11) is 2.02. The van der Waals surface area contributed by atoms with Crippen LogP contribution in [0, 0.1) is 11.3 Å². The Hall–Kier alpha value is -3.40. The number of fused-ring (bicyclic) bond motifs is 1. The van der Waals surface area contributed by atoms with Crippen LogP contribution in [0.2, 0.25) is 0 Å². The van der Waals surface area contributed by atoms with E-state index in [1.54, 1.807) is 18.5 Å². The minimum absolute atomic E-state index is 0.342. The number of anilines is 3. The largest absolute Gasteiger partial charge is 0.383 e. The molecule has 4 rings (SSSR count). The van der Waals surface area contributed by atoms with E-state index in [0.29, 0.717) is 29.3 Å². The van der Waals surface area contributed by atoms with E-state index in [-0.39, 0.29) is 0 Å². The van der Waals surface area contributed by atoms with Crippen molar-refractivity contribution < 1.29 is 10.2 Å². The van der Waals surface area contributed by atoms with E-state index in [4.69, 9.17) is 0 Å². The fraction of sp³-hybridized carbons (Fsp3) is 0.280. The maximum Gasteiger partial charge on any atom is 0.180 e. The van der Waals surface area contributed by atoms with Gasteiger partial charge in [-0.05, 0) is 66.8 Å². The molecule has 0 bridgehead atoms. The lowest BCUT2D eigenvalue weighted by Gasteiger charge is -2.29. The third-order valence-corrected chi connectivity index (χ3v) is 5.99. The highest BCUT2D eigenvalue weighted by Crippen LogP contribution is 2.36. The monoisotopic (exact) mass is 414 g/mol. The molecule has 0 saturated carbocycles. The molecule has 1 atom stereocenters. The van der Waals surface area contributed by atoms with E-state index >= 15 is 0 Å². The lowest BCUT2D eigenvalue weighted by Crippen LogP contribution is -2.20. The van der Waals surface area contributed by atoms with Crippen molar-refractivity contribution in [1.29, 1.82) is 5.26 Å². The molecule has 0 aliphatic heterocycles. The maximum atomic E-state index is 9.57. The summed E-state index contributed by atoms with van der Waals surface area (Å²) < 4.78 is 0. The van der Waals surface area contributed by atoms with E-state index in [0.717, 1.165) is 30.6 Å². The van der Waals surface area contributed by atoms with Crippen molar-refractivity contribution in [3.8, 4) is 6.07 Å². The summed E-state index contributed by atoms with van der Waals surface area (Å²) in [5, 5.41) is 31.7. The van der Waals surface area contributed by atoms with Crippen LogP contribution in [0.15, 0.2) is 60.9 Å². The highest BCUT2D eigenvalue weighted by Gasteiger charge is 2.22. The number of benzene rings is 2. The van der Waals surface area contributed by atoms with Gasteiger partial charge < -0.3 is 20.4 Å². The number of nitrogens with zero attached hydrogens (tertiary/aromatic N) is 3. The fourth-order valence-corrected chi connectivity index (χ4v) is 4.27. The van der Waals surface area contributed by atoms with Gasteiger partial charge in [0.25, 0.3) is 0 Å². The number of hydrogen-bond acceptors (Lipinski definition) is 6.